The highest BCUT2D eigenvalue weighted by Gasteiger charge is 2.43. The molecule has 1 heterocycles. The number of nitrogens with zero attached hydrogens (tertiary/aromatic N) is 1. The Kier molecular flexibility index (Phi) is 10.4. The van der Waals surface area contributed by atoms with Crippen molar-refractivity contribution < 1.29 is 19.4 Å². The van der Waals surface area contributed by atoms with Crippen molar-refractivity contribution >= 4 is 24.2 Å². The molecule has 1 aliphatic heterocycles. The summed E-state index contributed by atoms with van der Waals surface area (Å²) in [5.74, 6) is -0.463. The molecule has 0 saturated carbocycles. The van der Waals surface area contributed by atoms with Crippen LogP contribution in [0.15, 0.2) is 54.6 Å². The molecule has 0 bridgehead atoms. The Labute approximate surface area is 232 Å². The summed E-state index contributed by atoms with van der Waals surface area (Å²) in [4.78, 5) is 28.9. The normalized spacial score (nSPS) is 19.1. The lowest BCUT2D eigenvalue weighted by atomic mass is 9.74. The molecule has 1 saturated heterocycles. The minimum atomic E-state index is -0.981. The minimum Gasteiger partial charge on any atom is -0.393 e. The van der Waals surface area contributed by atoms with E-state index in [0.717, 1.165) is 31.2 Å². The summed E-state index contributed by atoms with van der Waals surface area (Å²) in [7, 11) is 0. The number of aliphatic hydroxyl groups excluding tert-OH is 1. The molecule has 3 atom stereocenters. The van der Waals surface area contributed by atoms with E-state index in [2.05, 4.69) is 29.6 Å². The van der Waals surface area contributed by atoms with Crippen molar-refractivity contribution in [3.05, 3.63) is 71.3 Å². The maximum atomic E-state index is 13.7. The Hall–Kier alpha value is -2.45. The van der Waals surface area contributed by atoms with Crippen molar-refractivity contribution in [1.29, 1.82) is 0 Å². The standard InChI is InChI=1S/C30H41N3O4.ClH/c1-22(34)18-29(2,21-31)28(36)32-26(20-37-19-23-8-4-3-5-9-23)27(35)33-16-14-30(15-17-33)13-12-24-10-6-7-11-25(24)30;/h3-11,22,26,34H,12-21,31H2,1-2H3,(H,32,36);1H/t22-,26-,29?;/m1./s1. The van der Waals surface area contributed by atoms with Crippen LogP contribution in [0, 0.1) is 5.41 Å². The van der Waals surface area contributed by atoms with Crippen molar-refractivity contribution in [2.75, 3.05) is 26.2 Å². The zero-order valence-corrected chi connectivity index (χ0v) is 23.3. The predicted molar refractivity (Wildman–Crippen MR) is 151 cm³/mol. The Morgan fingerprint density at radius 3 is 2.42 bits per heavy atom. The monoisotopic (exact) mass is 543 g/mol. The van der Waals surface area contributed by atoms with E-state index in [-0.39, 0.29) is 49.2 Å². The molecule has 1 unspecified atom stereocenters. The molecule has 7 nitrogen and oxygen atoms in total. The van der Waals surface area contributed by atoms with Gasteiger partial charge in [0.05, 0.1) is 24.7 Å². The number of carbonyl (C=O) groups is 2. The van der Waals surface area contributed by atoms with Crippen LogP contribution in [0.3, 0.4) is 0 Å². The quantitative estimate of drug-likeness (QED) is 0.426. The van der Waals surface area contributed by atoms with Gasteiger partial charge in [-0.3, -0.25) is 9.59 Å². The van der Waals surface area contributed by atoms with Crippen molar-refractivity contribution in [2.45, 2.75) is 70.1 Å². The van der Waals surface area contributed by atoms with Gasteiger partial charge < -0.3 is 25.8 Å². The third kappa shape index (κ3) is 6.75. The van der Waals surface area contributed by atoms with E-state index in [4.69, 9.17) is 10.5 Å². The van der Waals surface area contributed by atoms with Crippen LogP contribution >= 0.6 is 12.4 Å². The highest BCUT2D eigenvalue weighted by Crippen LogP contribution is 2.46. The number of piperidine rings is 1. The number of carbonyl (C=O) groups excluding carboxylic acids is 2. The average Bonchev–Trinajstić information content (AvgIpc) is 3.26. The van der Waals surface area contributed by atoms with Gasteiger partial charge in [-0.1, -0.05) is 54.6 Å². The molecule has 4 N–H and O–H groups in total. The molecule has 1 fully saturated rings. The molecule has 0 aromatic heterocycles. The number of nitrogens with two attached hydrogens (primary N) is 1. The molecule has 0 radical (unpaired) electrons. The summed E-state index contributed by atoms with van der Waals surface area (Å²) >= 11 is 0. The average molecular weight is 544 g/mol. The van der Waals surface area contributed by atoms with Gasteiger partial charge in [-0.15, -0.1) is 12.4 Å². The largest absolute Gasteiger partial charge is 0.393 e. The number of rotatable bonds is 10. The topological polar surface area (TPSA) is 105 Å². The number of ether oxygens (including phenoxy) is 1. The molecule has 8 heteroatoms. The number of benzene rings is 2. The number of hydrogen-bond acceptors (Lipinski definition) is 5. The molecular weight excluding hydrogens is 502 g/mol. The van der Waals surface area contributed by atoms with Gasteiger partial charge in [0.1, 0.15) is 6.04 Å². The van der Waals surface area contributed by atoms with Crippen molar-refractivity contribution in [1.82, 2.24) is 10.2 Å². The van der Waals surface area contributed by atoms with Crippen LogP contribution in [-0.4, -0.2) is 60.2 Å². The number of amides is 2. The second kappa shape index (κ2) is 13.1. The number of nitrogens with one attached hydrogen (secondary N) is 1. The summed E-state index contributed by atoms with van der Waals surface area (Å²) in [6, 6.07) is 17.6. The Balaban J connectivity index is 0.00000400. The summed E-state index contributed by atoms with van der Waals surface area (Å²) in [5.41, 5.74) is 8.97. The first-order chi connectivity index (χ1) is 17.8. The minimum absolute atomic E-state index is 0. The summed E-state index contributed by atoms with van der Waals surface area (Å²) in [6.45, 7) is 5.16. The predicted octanol–water partition coefficient (Wildman–Crippen LogP) is 3.35. The fourth-order valence-corrected chi connectivity index (χ4v) is 5.96. The van der Waals surface area contributed by atoms with Gasteiger partial charge >= 0.3 is 0 Å². The number of aliphatic hydroxyl groups is 1. The molecule has 1 spiro atoms. The Bertz CT molecular complexity index is 1070. The summed E-state index contributed by atoms with van der Waals surface area (Å²) in [5, 5.41) is 12.8. The van der Waals surface area contributed by atoms with Crippen LogP contribution in [-0.2, 0) is 32.8 Å². The first-order valence-corrected chi connectivity index (χ1v) is 13.4. The van der Waals surface area contributed by atoms with E-state index in [1.165, 1.54) is 11.1 Å². The number of hydrogen-bond donors (Lipinski definition) is 3. The molecule has 2 aromatic rings. The maximum absolute atomic E-state index is 13.7. The van der Waals surface area contributed by atoms with Crippen LogP contribution in [0.2, 0.25) is 0 Å². The SMILES string of the molecule is C[C@@H](O)CC(C)(CN)C(=O)N[C@H](COCc1ccccc1)C(=O)N1CCC2(CCc3ccccc32)CC1.Cl. The van der Waals surface area contributed by atoms with Gasteiger partial charge in [-0.05, 0) is 68.1 Å². The van der Waals surface area contributed by atoms with Crippen LogP contribution in [0.25, 0.3) is 0 Å². The van der Waals surface area contributed by atoms with Gasteiger partial charge in [0.25, 0.3) is 0 Å². The van der Waals surface area contributed by atoms with Crippen molar-refractivity contribution in [2.24, 2.45) is 11.1 Å². The lowest BCUT2D eigenvalue weighted by Crippen LogP contribution is -2.57. The Morgan fingerprint density at radius 1 is 1.11 bits per heavy atom. The zero-order chi connectivity index (χ0) is 26.5. The number of aryl methyl sites for hydroxylation is 1. The van der Waals surface area contributed by atoms with Crippen LogP contribution in [0.5, 0.6) is 0 Å². The molecule has 38 heavy (non-hydrogen) atoms. The van der Waals surface area contributed by atoms with E-state index < -0.39 is 17.6 Å². The zero-order valence-electron chi connectivity index (χ0n) is 22.5. The highest BCUT2D eigenvalue weighted by molar-refractivity contribution is 5.90. The molecule has 2 aliphatic rings. The number of likely N-dealkylation sites (tertiary alicyclic amines) is 1. The second-order valence-corrected chi connectivity index (χ2v) is 11.1. The third-order valence-corrected chi connectivity index (χ3v) is 8.24. The lowest BCUT2D eigenvalue weighted by molar-refractivity contribution is -0.142. The van der Waals surface area contributed by atoms with E-state index >= 15 is 0 Å². The van der Waals surface area contributed by atoms with Gasteiger partial charge in [0.15, 0.2) is 0 Å². The van der Waals surface area contributed by atoms with Crippen LogP contribution < -0.4 is 11.1 Å². The summed E-state index contributed by atoms with van der Waals surface area (Å²) in [6.07, 6.45) is 3.59. The highest BCUT2D eigenvalue weighted by atomic mass is 35.5. The lowest BCUT2D eigenvalue weighted by Gasteiger charge is -2.41. The van der Waals surface area contributed by atoms with Crippen molar-refractivity contribution in [3.8, 4) is 0 Å². The third-order valence-electron chi connectivity index (χ3n) is 8.24. The first kappa shape index (κ1) is 30.1. The van der Waals surface area contributed by atoms with E-state index in [1.54, 1.807) is 13.8 Å². The first-order valence-electron chi connectivity index (χ1n) is 13.4. The fourth-order valence-electron chi connectivity index (χ4n) is 5.96. The van der Waals surface area contributed by atoms with Crippen LogP contribution in [0.4, 0.5) is 0 Å². The van der Waals surface area contributed by atoms with Crippen LogP contribution in [0.1, 0.15) is 56.2 Å². The maximum Gasteiger partial charge on any atom is 0.247 e. The number of halogens is 1. The molecule has 4 rings (SSSR count). The van der Waals surface area contributed by atoms with Gasteiger partial charge in [0, 0.05) is 19.6 Å². The smallest absolute Gasteiger partial charge is 0.247 e. The van der Waals surface area contributed by atoms with Gasteiger partial charge in [0.2, 0.25) is 11.8 Å². The van der Waals surface area contributed by atoms with Gasteiger partial charge in [-0.25, -0.2) is 0 Å². The Morgan fingerprint density at radius 2 is 1.76 bits per heavy atom. The molecule has 208 valence electrons. The summed E-state index contributed by atoms with van der Waals surface area (Å²) < 4.78 is 5.92. The van der Waals surface area contributed by atoms with E-state index in [0.29, 0.717) is 19.7 Å². The molecule has 2 amide bonds. The molecule has 1 aliphatic carbocycles. The van der Waals surface area contributed by atoms with Crippen molar-refractivity contribution in [3.63, 3.8) is 0 Å². The van der Waals surface area contributed by atoms with Gasteiger partial charge in [-0.2, -0.15) is 0 Å². The molecule has 2 aromatic carbocycles. The van der Waals surface area contributed by atoms with E-state index in [9.17, 15) is 14.7 Å². The fraction of sp³-hybridized carbons (Fsp3) is 0.533. The van der Waals surface area contributed by atoms with E-state index in [1.807, 2.05) is 35.2 Å². The molecular formula is C30H42ClN3O4. The second-order valence-electron chi connectivity index (χ2n) is 11.1. The number of fused-ring (bicyclic) bond motifs is 2.